The third kappa shape index (κ3) is 5.22. The van der Waals surface area contributed by atoms with Crippen molar-refractivity contribution >= 4 is 35.5 Å². The first kappa shape index (κ1) is 18.9. The first-order valence-electron chi connectivity index (χ1n) is 6.34. The van der Waals surface area contributed by atoms with Crippen LogP contribution in [0.3, 0.4) is 0 Å². The van der Waals surface area contributed by atoms with E-state index in [1.54, 1.807) is 0 Å². The van der Waals surface area contributed by atoms with Crippen molar-refractivity contribution < 1.29 is 27.6 Å². The second-order valence-corrected chi connectivity index (χ2v) is 4.82. The highest BCUT2D eigenvalue weighted by Crippen LogP contribution is 2.36. The zero-order chi connectivity index (χ0) is 17.6. The number of nitrogens with one attached hydrogen (secondary N) is 1. The van der Waals surface area contributed by atoms with Gasteiger partial charge in [-0.25, -0.2) is 0 Å². The topological polar surface area (TPSA) is 92.5 Å². The average molecular weight is 352 g/mol. The van der Waals surface area contributed by atoms with Crippen molar-refractivity contribution in [1.29, 1.82) is 0 Å². The molecule has 23 heavy (non-hydrogen) atoms. The molecule has 3 amide bonds. The van der Waals surface area contributed by atoms with Crippen LogP contribution in [0.25, 0.3) is 0 Å². The van der Waals surface area contributed by atoms with Gasteiger partial charge in [0.1, 0.15) is 0 Å². The maximum atomic E-state index is 12.9. The second-order valence-electron chi connectivity index (χ2n) is 4.39. The summed E-state index contributed by atoms with van der Waals surface area (Å²) in [5.41, 5.74) is 3.38. The fourth-order valence-corrected chi connectivity index (χ4v) is 1.80. The Kier molecular flexibility index (Phi) is 6.52. The number of anilines is 1. The number of hydrogen-bond donors (Lipinski definition) is 2. The number of hydrogen-bond acceptors (Lipinski definition) is 4. The molecule has 0 aliphatic heterocycles. The minimum atomic E-state index is -4.78. The summed E-state index contributed by atoms with van der Waals surface area (Å²) in [4.78, 5) is 34.8. The Hall–Kier alpha value is -2.13. The van der Waals surface area contributed by atoms with E-state index in [-0.39, 0.29) is 30.9 Å². The Morgan fingerprint density at radius 2 is 2.00 bits per heavy atom. The monoisotopic (exact) mass is 351 g/mol. The van der Waals surface area contributed by atoms with Crippen LogP contribution in [0.4, 0.5) is 18.9 Å². The number of imide groups is 1. The van der Waals surface area contributed by atoms with Crippen LogP contribution >= 0.6 is 11.6 Å². The van der Waals surface area contributed by atoms with Gasteiger partial charge in [0, 0.05) is 11.6 Å². The molecule has 0 radical (unpaired) electrons. The van der Waals surface area contributed by atoms with Crippen molar-refractivity contribution in [3.05, 3.63) is 28.8 Å². The molecule has 10 heteroatoms. The highest BCUT2D eigenvalue weighted by atomic mass is 35.5. The van der Waals surface area contributed by atoms with Crippen molar-refractivity contribution in [3.63, 3.8) is 0 Å². The lowest BCUT2D eigenvalue weighted by molar-refractivity contribution is -0.146. The molecule has 6 nitrogen and oxygen atoms in total. The zero-order valence-corrected chi connectivity index (χ0v) is 12.4. The highest BCUT2D eigenvalue weighted by molar-refractivity contribution is 6.41. The number of nitrogens with zero attached hydrogens (tertiary/aromatic N) is 1. The quantitative estimate of drug-likeness (QED) is 0.623. The molecular weight excluding hydrogens is 339 g/mol. The van der Waals surface area contributed by atoms with Crippen LogP contribution in [-0.2, 0) is 20.6 Å². The Morgan fingerprint density at radius 3 is 2.52 bits per heavy atom. The van der Waals surface area contributed by atoms with Gasteiger partial charge in [-0.2, -0.15) is 13.2 Å². The molecule has 0 aromatic heterocycles. The minimum Gasteiger partial charge on any atom is -0.330 e. The summed E-state index contributed by atoms with van der Waals surface area (Å²) in [6.07, 6.45) is -4.41. The maximum Gasteiger partial charge on any atom is 0.418 e. The molecule has 0 fully saturated rings. The molecule has 1 rings (SSSR count). The number of amides is 3. The standard InChI is InChI=1S/C13H13ClF3N3O3/c14-8-2-3-10(9(6-8)13(15,16)17)19-11(22)12(23)20(7-21)5-1-4-18/h2-3,6-7H,1,4-5,18H2,(H,19,22). The van der Waals surface area contributed by atoms with E-state index in [4.69, 9.17) is 17.3 Å². The number of halogens is 4. The molecular formula is C13H13ClF3N3O3. The number of alkyl halides is 3. The van der Waals surface area contributed by atoms with Gasteiger partial charge < -0.3 is 11.1 Å². The SMILES string of the molecule is NCCCN(C=O)C(=O)C(=O)Nc1ccc(Cl)cc1C(F)(F)F. The average Bonchev–Trinajstić information content (AvgIpc) is 2.48. The predicted octanol–water partition coefficient (Wildman–Crippen LogP) is 1.63. The fourth-order valence-electron chi connectivity index (χ4n) is 1.63. The molecule has 0 spiro atoms. The number of nitrogens with two attached hydrogens (primary N) is 1. The van der Waals surface area contributed by atoms with Gasteiger partial charge in [0.05, 0.1) is 11.3 Å². The van der Waals surface area contributed by atoms with Crippen molar-refractivity contribution in [1.82, 2.24) is 4.90 Å². The highest BCUT2D eigenvalue weighted by Gasteiger charge is 2.35. The number of carbonyl (C=O) groups excluding carboxylic acids is 3. The van der Waals surface area contributed by atoms with Crippen LogP contribution in [0.2, 0.25) is 5.02 Å². The van der Waals surface area contributed by atoms with Gasteiger partial charge in [0.2, 0.25) is 6.41 Å². The van der Waals surface area contributed by atoms with Gasteiger partial charge in [0.25, 0.3) is 0 Å². The number of carbonyl (C=O) groups is 3. The van der Waals surface area contributed by atoms with E-state index in [0.29, 0.717) is 11.0 Å². The summed E-state index contributed by atoms with van der Waals surface area (Å²) in [6.45, 7) is 0.0631. The minimum absolute atomic E-state index is 0.112. The van der Waals surface area contributed by atoms with Crippen LogP contribution < -0.4 is 11.1 Å². The van der Waals surface area contributed by atoms with E-state index in [2.05, 4.69) is 0 Å². The molecule has 0 aliphatic rings. The number of rotatable bonds is 5. The Bertz CT molecular complexity index is 608. The van der Waals surface area contributed by atoms with Gasteiger partial charge in [-0.05, 0) is 31.2 Å². The smallest absolute Gasteiger partial charge is 0.330 e. The first-order valence-corrected chi connectivity index (χ1v) is 6.72. The van der Waals surface area contributed by atoms with Gasteiger partial charge in [-0.1, -0.05) is 11.6 Å². The van der Waals surface area contributed by atoms with Crippen molar-refractivity contribution in [3.8, 4) is 0 Å². The van der Waals surface area contributed by atoms with Gasteiger partial charge >= 0.3 is 18.0 Å². The summed E-state index contributed by atoms with van der Waals surface area (Å²) < 4.78 is 38.7. The lowest BCUT2D eigenvalue weighted by Crippen LogP contribution is -2.40. The van der Waals surface area contributed by atoms with Crippen molar-refractivity contribution in [2.75, 3.05) is 18.4 Å². The van der Waals surface area contributed by atoms with Crippen molar-refractivity contribution in [2.45, 2.75) is 12.6 Å². The fraction of sp³-hybridized carbons (Fsp3) is 0.308. The van der Waals surface area contributed by atoms with E-state index >= 15 is 0 Å². The molecule has 1 aromatic rings. The molecule has 0 saturated heterocycles. The molecule has 0 bridgehead atoms. The molecule has 0 aliphatic carbocycles. The lowest BCUT2D eigenvalue weighted by atomic mass is 10.1. The molecule has 1 aromatic carbocycles. The van der Waals surface area contributed by atoms with E-state index < -0.39 is 29.2 Å². The van der Waals surface area contributed by atoms with Gasteiger partial charge in [-0.3, -0.25) is 19.3 Å². The molecule has 0 atom stereocenters. The molecule has 126 valence electrons. The third-order valence-electron chi connectivity index (χ3n) is 2.72. The summed E-state index contributed by atoms with van der Waals surface area (Å²) in [5, 5.41) is 1.65. The van der Waals surface area contributed by atoms with Crippen LogP contribution in [0.1, 0.15) is 12.0 Å². The van der Waals surface area contributed by atoms with E-state index in [1.165, 1.54) is 0 Å². The van der Waals surface area contributed by atoms with Crippen LogP contribution in [-0.4, -0.2) is 36.2 Å². The molecule has 0 unspecified atom stereocenters. The third-order valence-corrected chi connectivity index (χ3v) is 2.96. The Morgan fingerprint density at radius 1 is 1.35 bits per heavy atom. The maximum absolute atomic E-state index is 12.9. The largest absolute Gasteiger partial charge is 0.418 e. The summed E-state index contributed by atoms with van der Waals surface area (Å²) in [5.74, 6) is -2.65. The summed E-state index contributed by atoms with van der Waals surface area (Å²) in [6, 6.07) is 2.66. The Labute approximate surface area is 134 Å². The van der Waals surface area contributed by atoms with Crippen LogP contribution in [0.5, 0.6) is 0 Å². The summed E-state index contributed by atoms with van der Waals surface area (Å²) in [7, 11) is 0. The summed E-state index contributed by atoms with van der Waals surface area (Å²) >= 11 is 5.51. The second kappa shape index (κ2) is 7.93. The Balaban J connectivity index is 2.97. The van der Waals surface area contributed by atoms with E-state index in [0.717, 1.165) is 12.1 Å². The number of benzene rings is 1. The first-order chi connectivity index (χ1) is 10.7. The molecule has 0 heterocycles. The lowest BCUT2D eigenvalue weighted by Gasteiger charge is -2.17. The normalized spacial score (nSPS) is 11.0. The zero-order valence-electron chi connectivity index (χ0n) is 11.7. The van der Waals surface area contributed by atoms with E-state index in [9.17, 15) is 27.6 Å². The van der Waals surface area contributed by atoms with Gasteiger partial charge in [-0.15, -0.1) is 0 Å². The van der Waals surface area contributed by atoms with Crippen LogP contribution in [0.15, 0.2) is 18.2 Å². The van der Waals surface area contributed by atoms with Gasteiger partial charge in [0.15, 0.2) is 0 Å². The molecule has 0 saturated carbocycles. The molecule has 3 N–H and O–H groups in total. The van der Waals surface area contributed by atoms with E-state index in [1.807, 2.05) is 5.32 Å². The van der Waals surface area contributed by atoms with Crippen molar-refractivity contribution in [2.24, 2.45) is 5.73 Å². The predicted molar refractivity (Wildman–Crippen MR) is 76.5 cm³/mol. The van der Waals surface area contributed by atoms with Crippen LogP contribution in [0, 0.1) is 0 Å².